The van der Waals surface area contributed by atoms with Crippen molar-refractivity contribution in [2.45, 2.75) is 5.75 Å². The zero-order chi connectivity index (χ0) is 9.80. The van der Waals surface area contributed by atoms with E-state index >= 15 is 0 Å². The van der Waals surface area contributed by atoms with Crippen molar-refractivity contribution in [3.8, 4) is 0 Å². The zero-order valence-electron chi connectivity index (χ0n) is 8.07. The summed E-state index contributed by atoms with van der Waals surface area (Å²) in [6.07, 6.45) is 0. The van der Waals surface area contributed by atoms with E-state index in [1.54, 1.807) is 11.8 Å². The molecule has 82 valence electrons. The third kappa shape index (κ3) is 3.30. The summed E-state index contributed by atoms with van der Waals surface area (Å²) in [4.78, 5) is 7.74. The molecule has 5 heteroatoms. The van der Waals surface area contributed by atoms with E-state index in [1.165, 1.54) is 0 Å². The van der Waals surface area contributed by atoms with E-state index < -0.39 is 0 Å². The maximum absolute atomic E-state index is 5.60. The summed E-state index contributed by atoms with van der Waals surface area (Å²) < 4.78 is 0. The number of fused-ring (bicyclic) bond motifs is 1. The van der Waals surface area contributed by atoms with Crippen LogP contribution in [0, 0.1) is 0 Å². The van der Waals surface area contributed by atoms with Gasteiger partial charge in [0.1, 0.15) is 5.82 Å². The number of nitrogens with one attached hydrogen (secondary N) is 1. The lowest BCUT2D eigenvalue weighted by atomic mass is 10.3. The van der Waals surface area contributed by atoms with Gasteiger partial charge in [-0.1, -0.05) is 12.1 Å². The normalized spacial score (nSPS) is 10.2. The second kappa shape index (κ2) is 6.26. The molecular formula is C10H12Cl2N2S. The molecule has 0 aliphatic rings. The number of imidazole rings is 1. The van der Waals surface area contributed by atoms with Gasteiger partial charge in [0.2, 0.25) is 0 Å². The highest BCUT2D eigenvalue weighted by Crippen LogP contribution is 2.14. The van der Waals surface area contributed by atoms with Crippen molar-refractivity contribution in [1.82, 2.24) is 9.97 Å². The third-order valence-corrected chi connectivity index (χ3v) is 3.28. The van der Waals surface area contributed by atoms with Crippen LogP contribution in [0.15, 0.2) is 24.3 Å². The summed E-state index contributed by atoms with van der Waals surface area (Å²) in [5, 5.41) is 0. The van der Waals surface area contributed by atoms with Crippen LogP contribution >= 0.6 is 35.8 Å². The van der Waals surface area contributed by atoms with Crippen LogP contribution in [0.5, 0.6) is 0 Å². The molecule has 0 aliphatic heterocycles. The summed E-state index contributed by atoms with van der Waals surface area (Å²) in [6.45, 7) is 0. The number of hydrogen-bond acceptors (Lipinski definition) is 2. The minimum atomic E-state index is 0. The lowest BCUT2D eigenvalue weighted by molar-refractivity contribution is 1.14. The first-order valence-corrected chi connectivity index (χ1v) is 6.16. The SMILES string of the molecule is Cl.ClCCSCc1nc2ccccc2[nH]1. The number of benzene rings is 1. The maximum Gasteiger partial charge on any atom is 0.117 e. The van der Waals surface area contributed by atoms with Crippen LogP contribution in [0.3, 0.4) is 0 Å². The number of para-hydroxylation sites is 2. The number of hydrogen-bond donors (Lipinski definition) is 1. The summed E-state index contributed by atoms with van der Waals surface area (Å²) >= 11 is 7.39. The predicted octanol–water partition coefficient (Wildman–Crippen LogP) is 3.46. The highest BCUT2D eigenvalue weighted by atomic mass is 35.5. The van der Waals surface area contributed by atoms with Gasteiger partial charge in [-0.2, -0.15) is 11.8 Å². The van der Waals surface area contributed by atoms with Crippen LogP contribution in [-0.2, 0) is 5.75 Å². The molecule has 1 N–H and O–H groups in total. The molecule has 1 aromatic heterocycles. The smallest absolute Gasteiger partial charge is 0.117 e. The number of aromatic amines is 1. The molecule has 1 heterocycles. The molecular weight excluding hydrogens is 251 g/mol. The molecule has 2 rings (SSSR count). The second-order valence-corrected chi connectivity index (χ2v) is 4.43. The standard InChI is InChI=1S/C10H11ClN2S.ClH/c11-5-6-14-7-10-12-8-3-1-2-4-9(8)13-10;/h1-4H,5-7H2,(H,12,13);1H. The Morgan fingerprint density at radius 2 is 2.13 bits per heavy atom. The summed E-state index contributed by atoms with van der Waals surface area (Å²) in [5.41, 5.74) is 2.14. The van der Waals surface area contributed by atoms with Crippen molar-refractivity contribution in [3.63, 3.8) is 0 Å². The van der Waals surface area contributed by atoms with Crippen molar-refractivity contribution in [3.05, 3.63) is 30.1 Å². The Bertz CT molecular complexity index is 383. The van der Waals surface area contributed by atoms with E-state index in [2.05, 4.69) is 9.97 Å². The molecule has 0 aliphatic carbocycles. The molecule has 1 aromatic carbocycles. The quantitative estimate of drug-likeness (QED) is 0.676. The van der Waals surface area contributed by atoms with Crippen LogP contribution in [0.2, 0.25) is 0 Å². The second-order valence-electron chi connectivity index (χ2n) is 2.94. The number of H-pyrrole nitrogens is 1. The van der Waals surface area contributed by atoms with Gasteiger partial charge in [0, 0.05) is 11.6 Å². The lowest BCUT2D eigenvalue weighted by Crippen LogP contribution is -1.85. The zero-order valence-corrected chi connectivity index (χ0v) is 10.5. The third-order valence-electron chi connectivity index (χ3n) is 1.90. The van der Waals surface area contributed by atoms with Gasteiger partial charge in [0.25, 0.3) is 0 Å². The maximum atomic E-state index is 5.60. The highest BCUT2D eigenvalue weighted by molar-refractivity contribution is 7.98. The Morgan fingerprint density at radius 1 is 1.33 bits per heavy atom. The van der Waals surface area contributed by atoms with Gasteiger partial charge >= 0.3 is 0 Å². The van der Waals surface area contributed by atoms with Gasteiger partial charge in [0.15, 0.2) is 0 Å². The van der Waals surface area contributed by atoms with Gasteiger partial charge in [-0.05, 0) is 12.1 Å². The van der Waals surface area contributed by atoms with E-state index in [4.69, 9.17) is 11.6 Å². The van der Waals surface area contributed by atoms with Crippen LogP contribution < -0.4 is 0 Å². The Balaban J connectivity index is 0.00000112. The molecule has 15 heavy (non-hydrogen) atoms. The van der Waals surface area contributed by atoms with E-state index in [-0.39, 0.29) is 12.4 Å². The Morgan fingerprint density at radius 3 is 2.87 bits per heavy atom. The molecule has 0 bridgehead atoms. The van der Waals surface area contributed by atoms with Gasteiger partial charge in [-0.25, -0.2) is 4.98 Å². The molecule has 0 saturated carbocycles. The molecule has 0 amide bonds. The predicted molar refractivity (Wildman–Crippen MR) is 70.2 cm³/mol. The fourth-order valence-electron chi connectivity index (χ4n) is 1.30. The number of aromatic nitrogens is 2. The number of halogens is 2. The minimum absolute atomic E-state index is 0. The Kier molecular flexibility index (Phi) is 5.29. The van der Waals surface area contributed by atoms with E-state index in [0.717, 1.165) is 28.4 Å². The average Bonchev–Trinajstić information content (AvgIpc) is 2.60. The topological polar surface area (TPSA) is 28.7 Å². The molecule has 0 radical (unpaired) electrons. The van der Waals surface area contributed by atoms with Crippen molar-refractivity contribution in [2.24, 2.45) is 0 Å². The van der Waals surface area contributed by atoms with Crippen molar-refractivity contribution in [2.75, 3.05) is 11.6 Å². The largest absolute Gasteiger partial charge is 0.341 e. The average molecular weight is 263 g/mol. The summed E-state index contributed by atoms with van der Waals surface area (Å²) in [5.74, 6) is 3.60. The molecule has 0 saturated heterocycles. The van der Waals surface area contributed by atoms with E-state index in [1.807, 2.05) is 24.3 Å². The molecule has 0 unspecified atom stereocenters. The van der Waals surface area contributed by atoms with E-state index in [9.17, 15) is 0 Å². The van der Waals surface area contributed by atoms with Crippen molar-refractivity contribution in [1.29, 1.82) is 0 Å². The monoisotopic (exact) mass is 262 g/mol. The Labute approximate surface area is 104 Å². The van der Waals surface area contributed by atoms with Crippen LogP contribution in [-0.4, -0.2) is 21.6 Å². The molecule has 0 atom stereocenters. The number of alkyl halides is 1. The first kappa shape index (κ1) is 12.7. The number of thioether (sulfide) groups is 1. The molecule has 0 fully saturated rings. The fraction of sp³-hybridized carbons (Fsp3) is 0.300. The minimum Gasteiger partial charge on any atom is -0.341 e. The highest BCUT2D eigenvalue weighted by Gasteiger charge is 2.00. The molecule has 2 aromatic rings. The van der Waals surface area contributed by atoms with Gasteiger partial charge in [-0.3, -0.25) is 0 Å². The first-order chi connectivity index (χ1) is 6.90. The van der Waals surface area contributed by atoms with Gasteiger partial charge in [-0.15, -0.1) is 24.0 Å². The molecule has 0 spiro atoms. The van der Waals surface area contributed by atoms with Crippen LogP contribution in [0.1, 0.15) is 5.82 Å². The summed E-state index contributed by atoms with van der Waals surface area (Å²) in [6, 6.07) is 8.06. The van der Waals surface area contributed by atoms with Gasteiger partial charge in [0.05, 0.1) is 16.8 Å². The van der Waals surface area contributed by atoms with Crippen LogP contribution in [0.25, 0.3) is 11.0 Å². The Hall–Kier alpha value is -0.380. The number of rotatable bonds is 4. The van der Waals surface area contributed by atoms with Gasteiger partial charge < -0.3 is 4.98 Å². The van der Waals surface area contributed by atoms with Crippen molar-refractivity contribution >= 4 is 46.8 Å². The molecule has 2 nitrogen and oxygen atoms in total. The first-order valence-electron chi connectivity index (χ1n) is 4.47. The summed E-state index contributed by atoms with van der Waals surface area (Å²) in [7, 11) is 0. The lowest BCUT2D eigenvalue weighted by Gasteiger charge is -1.93. The fourth-order valence-corrected chi connectivity index (χ4v) is 2.21. The number of nitrogens with zero attached hydrogens (tertiary/aromatic N) is 1. The van der Waals surface area contributed by atoms with E-state index in [0.29, 0.717) is 5.88 Å². The van der Waals surface area contributed by atoms with Crippen LogP contribution in [0.4, 0.5) is 0 Å². The van der Waals surface area contributed by atoms with Crippen molar-refractivity contribution < 1.29 is 0 Å².